The maximum absolute atomic E-state index is 6.17. The minimum absolute atomic E-state index is 0.170. The van der Waals surface area contributed by atoms with Gasteiger partial charge in [-0.1, -0.05) is 26.8 Å². The second-order valence-electron chi connectivity index (χ2n) is 6.31. The lowest BCUT2D eigenvalue weighted by Gasteiger charge is -2.37. The molecule has 0 fully saturated rings. The highest BCUT2D eigenvalue weighted by atomic mass is 28.4. The van der Waals surface area contributed by atoms with E-state index in [1.54, 1.807) is 0 Å². The van der Waals surface area contributed by atoms with Crippen molar-refractivity contribution in [1.29, 1.82) is 0 Å². The summed E-state index contributed by atoms with van der Waals surface area (Å²) in [5, 5.41) is 0.273. The summed E-state index contributed by atoms with van der Waals surface area (Å²) in [5.74, 6) is 0. The first kappa shape index (κ1) is 13.9. The number of hydrogen-bond donors (Lipinski definition) is 0. The van der Waals surface area contributed by atoms with Crippen molar-refractivity contribution < 1.29 is 9.16 Å². The average Bonchev–Trinajstić information content (AvgIpc) is 2.39. The van der Waals surface area contributed by atoms with Crippen LogP contribution in [0.2, 0.25) is 18.1 Å². The molecule has 0 radical (unpaired) electrons. The van der Waals surface area contributed by atoms with Crippen LogP contribution < -0.4 is 0 Å². The number of rotatable bonds is 3. The van der Waals surface area contributed by atoms with Crippen LogP contribution in [0, 0.1) is 0 Å². The van der Waals surface area contributed by atoms with Gasteiger partial charge < -0.3 is 9.16 Å². The summed E-state index contributed by atoms with van der Waals surface area (Å²) < 4.78 is 12.0. The maximum atomic E-state index is 6.17. The smallest absolute Gasteiger partial charge is 0.192 e. The van der Waals surface area contributed by atoms with Gasteiger partial charge in [-0.2, -0.15) is 0 Å². The van der Waals surface area contributed by atoms with E-state index < -0.39 is 8.32 Å². The number of ether oxygens (including phenoxy) is 1. The molecular formula is C13H26O2Si. The van der Waals surface area contributed by atoms with Crippen LogP contribution in [0.25, 0.3) is 0 Å². The molecule has 2 atom stereocenters. The fourth-order valence-electron chi connectivity index (χ4n) is 1.55. The normalized spacial score (nSPS) is 27.1. The van der Waals surface area contributed by atoms with Crippen LogP contribution in [0.3, 0.4) is 0 Å². The predicted molar refractivity (Wildman–Crippen MR) is 71.2 cm³/mol. The molecule has 3 heteroatoms. The monoisotopic (exact) mass is 242 g/mol. The average molecular weight is 242 g/mol. The van der Waals surface area contributed by atoms with Crippen molar-refractivity contribution in [1.82, 2.24) is 0 Å². The molecule has 94 valence electrons. The summed E-state index contributed by atoms with van der Waals surface area (Å²) in [5.41, 5.74) is 1.31. The molecule has 0 aromatic carbocycles. The summed E-state index contributed by atoms with van der Waals surface area (Å²) in [7, 11) is -1.63. The molecule has 0 saturated carbocycles. The summed E-state index contributed by atoms with van der Waals surface area (Å²) in [6, 6.07) is 0. The Balaban J connectivity index is 2.50. The fraction of sp³-hybridized carbons (Fsp3) is 0.846. The van der Waals surface area contributed by atoms with E-state index in [4.69, 9.17) is 9.16 Å². The molecule has 0 bridgehead atoms. The Hall–Kier alpha value is -0.123. The van der Waals surface area contributed by atoms with Crippen molar-refractivity contribution in [2.24, 2.45) is 0 Å². The van der Waals surface area contributed by atoms with Gasteiger partial charge in [0, 0.05) is 0 Å². The Morgan fingerprint density at radius 2 is 1.94 bits per heavy atom. The molecule has 0 aromatic heterocycles. The first-order valence-electron chi connectivity index (χ1n) is 6.11. The topological polar surface area (TPSA) is 18.5 Å². The highest BCUT2D eigenvalue weighted by molar-refractivity contribution is 6.74. The van der Waals surface area contributed by atoms with Crippen molar-refractivity contribution in [2.75, 3.05) is 6.61 Å². The third-order valence-corrected chi connectivity index (χ3v) is 8.29. The van der Waals surface area contributed by atoms with Crippen LogP contribution in [0.5, 0.6) is 0 Å². The summed E-state index contributed by atoms with van der Waals surface area (Å²) in [6.45, 7) is 16.3. The summed E-state index contributed by atoms with van der Waals surface area (Å²) >= 11 is 0. The number of hydrogen-bond acceptors (Lipinski definition) is 2. The molecular weight excluding hydrogens is 216 g/mol. The van der Waals surface area contributed by atoms with Crippen LogP contribution in [0.4, 0.5) is 0 Å². The van der Waals surface area contributed by atoms with E-state index in [0.717, 1.165) is 0 Å². The van der Waals surface area contributed by atoms with Crippen LogP contribution in [0.1, 0.15) is 34.6 Å². The first-order chi connectivity index (χ1) is 7.13. The second-order valence-corrected chi connectivity index (χ2v) is 11.1. The van der Waals surface area contributed by atoms with Crippen molar-refractivity contribution in [2.45, 2.75) is 65.0 Å². The Morgan fingerprint density at radius 1 is 1.38 bits per heavy atom. The molecule has 1 rings (SSSR count). The lowest BCUT2D eigenvalue weighted by atomic mass is 10.2. The molecule has 1 heterocycles. The minimum Gasteiger partial charge on any atom is -0.414 e. The standard InChI is InChI=1S/C13H26O2Si/c1-10-8-11(2)15-12(10)9-14-16(6,7)13(3,4)5/h8,11-12H,9H2,1-7H3/t11-,12-/m0/s1. The van der Waals surface area contributed by atoms with E-state index in [9.17, 15) is 0 Å². The van der Waals surface area contributed by atoms with Crippen LogP contribution in [-0.4, -0.2) is 27.1 Å². The summed E-state index contributed by atoms with van der Waals surface area (Å²) in [6.07, 6.45) is 2.59. The quantitative estimate of drug-likeness (QED) is 0.554. The fourth-order valence-corrected chi connectivity index (χ4v) is 2.56. The highest BCUT2D eigenvalue weighted by Gasteiger charge is 2.38. The zero-order valence-electron chi connectivity index (χ0n) is 11.8. The van der Waals surface area contributed by atoms with E-state index in [1.807, 2.05) is 0 Å². The SMILES string of the molecule is CC1=C[C@H](C)O[C@H]1CO[Si](C)(C)C(C)(C)C. The van der Waals surface area contributed by atoms with Crippen molar-refractivity contribution in [3.63, 3.8) is 0 Å². The molecule has 0 spiro atoms. The van der Waals surface area contributed by atoms with Gasteiger partial charge in [0.2, 0.25) is 0 Å². The van der Waals surface area contributed by atoms with E-state index in [0.29, 0.717) is 6.61 Å². The van der Waals surface area contributed by atoms with Gasteiger partial charge in [0.05, 0.1) is 12.7 Å². The Bertz CT molecular complexity index is 276. The molecule has 0 amide bonds. The predicted octanol–water partition coefficient (Wildman–Crippen LogP) is 3.74. The zero-order chi connectivity index (χ0) is 12.6. The molecule has 0 N–H and O–H groups in total. The Kier molecular flexibility index (Phi) is 4.03. The van der Waals surface area contributed by atoms with E-state index in [-0.39, 0.29) is 17.2 Å². The third-order valence-electron chi connectivity index (χ3n) is 3.79. The summed E-state index contributed by atoms with van der Waals surface area (Å²) in [4.78, 5) is 0. The lowest BCUT2D eigenvalue weighted by molar-refractivity contribution is 0.0326. The largest absolute Gasteiger partial charge is 0.414 e. The van der Waals surface area contributed by atoms with E-state index >= 15 is 0 Å². The van der Waals surface area contributed by atoms with Gasteiger partial charge in [-0.3, -0.25) is 0 Å². The zero-order valence-corrected chi connectivity index (χ0v) is 12.8. The van der Waals surface area contributed by atoms with Gasteiger partial charge in [0.1, 0.15) is 6.10 Å². The van der Waals surface area contributed by atoms with Gasteiger partial charge >= 0.3 is 0 Å². The third kappa shape index (κ3) is 3.19. The lowest BCUT2D eigenvalue weighted by Crippen LogP contribution is -2.42. The Morgan fingerprint density at radius 3 is 2.31 bits per heavy atom. The molecule has 0 aliphatic carbocycles. The Labute approximate surface area is 101 Å². The first-order valence-corrected chi connectivity index (χ1v) is 9.02. The second kappa shape index (κ2) is 4.63. The molecule has 1 aliphatic heterocycles. The van der Waals surface area contributed by atoms with E-state index in [1.165, 1.54) is 5.57 Å². The van der Waals surface area contributed by atoms with Gasteiger partial charge in [-0.05, 0) is 37.6 Å². The molecule has 16 heavy (non-hydrogen) atoms. The van der Waals surface area contributed by atoms with Gasteiger partial charge in [0.25, 0.3) is 0 Å². The highest BCUT2D eigenvalue weighted by Crippen LogP contribution is 2.37. The molecule has 0 aromatic rings. The maximum Gasteiger partial charge on any atom is 0.192 e. The van der Waals surface area contributed by atoms with Crippen LogP contribution in [-0.2, 0) is 9.16 Å². The molecule has 0 saturated heterocycles. The van der Waals surface area contributed by atoms with Gasteiger partial charge in [-0.25, -0.2) is 0 Å². The van der Waals surface area contributed by atoms with E-state index in [2.05, 4.69) is 53.8 Å². The van der Waals surface area contributed by atoms with Gasteiger partial charge in [-0.15, -0.1) is 0 Å². The van der Waals surface area contributed by atoms with Crippen molar-refractivity contribution in [3.8, 4) is 0 Å². The van der Waals surface area contributed by atoms with Gasteiger partial charge in [0.15, 0.2) is 8.32 Å². The van der Waals surface area contributed by atoms with Crippen LogP contribution >= 0.6 is 0 Å². The van der Waals surface area contributed by atoms with Crippen LogP contribution in [0.15, 0.2) is 11.6 Å². The molecule has 1 aliphatic rings. The molecule has 2 nitrogen and oxygen atoms in total. The van der Waals surface area contributed by atoms with Crippen molar-refractivity contribution in [3.05, 3.63) is 11.6 Å². The molecule has 0 unspecified atom stereocenters. The minimum atomic E-state index is -1.63. The van der Waals surface area contributed by atoms with Crippen molar-refractivity contribution >= 4 is 8.32 Å².